The van der Waals surface area contributed by atoms with Crippen LogP contribution in [-0.2, 0) is 6.54 Å². The summed E-state index contributed by atoms with van der Waals surface area (Å²) >= 11 is 0. The highest BCUT2D eigenvalue weighted by Gasteiger charge is 2.31. The summed E-state index contributed by atoms with van der Waals surface area (Å²) in [6, 6.07) is 0.551. The molecule has 1 aliphatic carbocycles. The van der Waals surface area contributed by atoms with Crippen LogP contribution in [0.25, 0.3) is 0 Å². The molecule has 4 nitrogen and oxygen atoms in total. The lowest BCUT2D eigenvalue weighted by molar-refractivity contribution is 0.596. The summed E-state index contributed by atoms with van der Waals surface area (Å²) in [6.45, 7) is 6.17. The number of aromatic nitrogens is 2. The van der Waals surface area contributed by atoms with Gasteiger partial charge in [-0.25, -0.2) is 9.97 Å². The largest absolute Gasteiger partial charge is 0.341 e. The maximum atomic E-state index is 4.44. The first-order chi connectivity index (χ1) is 8.22. The van der Waals surface area contributed by atoms with E-state index in [1.165, 1.54) is 12.8 Å². The molecule has 1 unspecified atom stereocenters. The summed E-state index contributed by atoms with van der Waals surface area (Å²) in [5, 5.41) is 3.27. The van der Waals surface area contributed by atoms with Gasteiger partial charge in [-0.2, -0.15) is 0 Å². The Hall–Kier alpha value is -1.16. The van der Waals surface area contributed by atoms with Gasteiger partial charge in [0.25, 0.3) is 0 Å². The predicted octanol–water partition coefficient (Wildman–Crippen LogP) is 1.82. The summed E-state index contributed by atoms with van der Waals surface area (Å²) in [5.41, 5.74) is 1.14. The van der Waals surface area contributed by atoms with E-state index in [9.17, 15) is 0 Å². The average molecular weight is 234 g/mol. The summed E-state index contributed by atoms with van der Waals surface area (Å²) in [5.74, 6) is 1.68. The molecular weight excluding hydrogens is 212 g/mol. The Labute approximate surface area is 103 Å². The fraction of sp³-hybridized carbons (Fsp3) is 0.692. The smallest absolute Gasteiger partial charge is 0.225 e. The Bertz CT molecular complexity index is 345. The van der Waals surface area contributed by atoms with Gasteiger partial charge < -0.3 is 10.2 Å². The van der Waals surface area contributed by atoms with Crippen molar-refractivity contribution in [2.75, 3.05) is 18.5 Å². The van der Waals surface area contributed by atoms with Crippen molar-refractivity contribution in [2.24, 2.45) is 5.92 Å². The number of hydrogen-bond donors (Lipinski definition) is 1. The molecular formula is C13H22N4. The van der Waals surface area contributed by atoms with Gasteiger partial charge in [0.2, 0.25) is 5.95 Å². The van der Waals surface area contributed by atoms with Gasteiger partial charge in [-0.15, -0.1) is 0 Å². The van der Waals surface area contributed by atoms with Gasteiger partial charge in [-0.3, -0.25) is 0 Å². The predicted molar refractivity (Wildman–Crippen MR) is 70.0 cm³/mol. The Kier molecular flexibility index (Phi) is 3.94. The molecule has 17 heavy (non-hydrogen) atoms. The fourth-order valence-corrected chi connectivity index (χ4v) is 1.97. The molecule has 0 amide bonds. The zero-order valence-electron chi connectivity index (χ0n) is 11.0. The monoisotopic (exact) mass is 234 g/mol. The second-order valence-corrected chi connectivity index (χ2v) is 4.86. The number of rotatable bonds is 6. The standard InChI is InChI=1S/C13H22N4/c1-4-14-7-11-8-15-13(16-9-11)17(3)10(2)12-5-6-12/h8-10,12,14H,4-7H2,1-3H3. The van der Waals surface area contributed by atoms with Crippen LogP contribution in [0.1, 0.15) is 32.3 Å². The summed E-state index contributed by atoms with van der Waals surface area (Å²) in [6.07, 6.45) is 6.54. The molecule has 2 rings (SSSR count). The van der Waals surface area contributed by atoms with Crippen LogP contribution in [0.2, 0.25) is 0 Å². The van der Waals surface area contributed by atoms with E-state index in [-0.39, 0.29) is 0 Å². The highest BCUT2D eigenvalue weighted by atomic mass is 15.2. The van der Waals surface area contributed by atoms with Crippen LogP contribution < -0.4 is 10.2 Å². The molecule has 94 valence electrons. The van der Waals surface area contributed by atoms with E-state index >= 15 is 0 Å². The van der Waals surface area contributed by atoms with Gasteiger partial charge >= 0.3 is 0 Å². The average Bonchev–Trinajstić information content (AvgIpc) is 3.19. The van der Waals surface area contributed by atoms with Crippen LogP contribution in [0, 0.1) is 5.92 Å². The first-order valence-corrected chi connectivity index (χ1v) is 6.46. The number of hydrogen-bond acceptors (Lipinski definition) is 4. The van der Waals surface area contributed by atoms with E-state index in [1.54, 1.807) is 0 Å². The molecule has 1 fully saturated rings. The van der Waals surface area contributed by atoms with Crippen molar-refractivity contribution in [3.8, 4) is 0 Å². The second-order valence-electron chi connectivity index (χ2n) is 4.86. The molecule has 0 aromatic carbocycles. The van der Waals surface area contributed by atoms with E-state index in [0.717, 1.165) is 30.5 Å². The van der Waals surface area contributed by atoms with Gasteiger partial charge in [0.15, 0.2) is 0 Å². The van der Waals surface area contributed by atoms with Crippen LogP contribution in [-0.4, -0.2) is 29.6 Å². The summed E-state index contributed by atoms with van der Waals surface area (Å²) in [4.78, 5) is 11.1. The van der Waals surface area contributed by atoms with Crippen molar-refractivity contribution in [1.29, 1.82) is 0 Å². The molecule has 0 radical (unpaired) electrons. The maximum Gasteiger partial charge on any atom is 0.225 e. The highest BCUT2D eigenvalue weighted by molar-refractivity contribution is 5.30. The first kappa shape index (κ1) is 12.3. The number of nitrogens with one attached hydrogen (secondary N) is 1. The molecule has 0 aliphatic heterocycles. The molecule has 4 heteroatoms. The first-order valence-electron chi connectivity index (χ1n) is 6.46. The molecule has 0 spiro atoms. The quantitative estimate of drug-likeness (QED) is 0.815. The van der Waals surface area contributed by atoms with Crippen LogP contribution in [0.3, 0.4) is 0 Å². The van der Waals surface area contributed by atoms with Crippen molar-refractivity contribution < 1.29 is 0 Å². The van der Waals surface area contributed by atoms with Gasteiger partial charge in [0.1, 0.15) is 0 Å². The Morgan fingerprint density at radius 3 is 2.59 bits per heavy atom. The topological polar surface area (TPSA) is 41.1 Å². The minimum atomic E-state index is 0.551. The molecule has 1 aliphatic rings. The number of nitrogens with zero attached hydrogens (tertiary/aromatic N) is 3. The fourth-order valence-electron chi connectivity index (χ4n) is 1.97. The van der Waals surface area contributed by atoms with E-state index in [0.29, 0.717) is 6.04 Å². The minimum Gasteiger partial charge on any atom is -0.341 e. The van der Waals surface area contributed by atoms with Crippen molar-refractivity contribution in [2.45, 2.75) is 39.3 Å². The van der Waals surface area contributed by atoms with Crippen LogP contribution in [0.5, 0.6) is 0 Å². The SMILES string of the molecule is CCNCc1cnc(N(C)C(C)C2CC2)nc1. The molecule has 1 N–H and O–H groups in total. The van der Waals surface area contributed by atoms with Crippen LogP contribution in [0.15, 0.2) is 12.4 Å². The van der Waals surface area contributed by atoms with Gasteiger partial charge in [0.05, 0.1) is 0 Å². The minimum absolute atomic E-state index is 0.551. The Morgan fingerprint density at radius 2 is 2.06 bits per heavy atom. The van der Waals surface area contributed by atoms with Gasteiger partial charge in [0, 0.05) is 37.6 Å². The van der Waals surface area contributed by atoms with E-state index in [1.807, 2.05) is 12.4 Å². The third kappa shape index (κ3) is 3.16. The zero-order valence-corrected chi connectivity index (χ0v) is 11.0. The highest BCUT2D eigenvalue weighted by Crippen LogP contribution is 2.35. The van der Waals surface area contributed by atoms with E-state index in [2.05, 4.69) is 41.1 Å². The lowest BCUT2D eigenvalue weighted by atomic mass is 10.2. The summed E-state index contributed by atoms with van der Waals surface area (Å²) < 4.78 is 0. The molecule has 0 saturated heterocycles. The summed E-state index contributed by atoms with van der Waals surface area (Å²) in [7, 11) is 2.09. The van der Waals surface area contributed by atoms with Crippen LogP contribution >= 0.6 is 0 Å². The van der Waals surface area contributed by atoms with E-state index < -0.39 is 0 Å². The van der Waals surface area contributed by atoms with Crippen molar-refractivity contribution in [3.63, 3.8) is 0 Å². The van der Waals surface area contributed by atoms with Crippen molar-refractivity contribution >= 4 is 5.95 Å². The molecule has 0 bridgehead atoms. The Balaban J connectivity index is 1.96. The molecule has 1 atom stereocenters. The number of anilines is 1. The molecule has 1 saturated carbocycles. The molecule has 1 aromatic rings. The maximum absolute atomic E-state index is 4.44. The van der Waals surface area contributed by atoms with Crippen molar-refractivity contribution in [3.05, 3.63) is 18.0 Å². The lowest BCUT2D eigenvalue weighted by Crippen LogP contribution is -2.32. The van der Waals surface area contributed by atoms with Crippen molar-refractivity contribution in [1.82, 2.24) is 15.3 Å². The van der Waals surface area contributed by atoms with E-state index in [4.69, 9.17) is 0 Å². The normalized spacial score (nSPS) is 16.9. The van der Waals surface area contributed by atoms with Crippen LogP contribution in [0.4, 0.5) is 5.95 Å². The third-order valence-corrected chi connectivity index (χ3v) is 3.50. The molecule has 1 heterocycles. The lowest BCUT2D eigenvalue weighted by Gasteiger charge is -2.24. The Morgan fingerprint density at radius 1 is 1.41 bits per heavy atom. The van der Waals surface area contributed by atoms with Gasteiger partial charge in [-0.1, -0.05) is 6.92 Å². The molecule has 1 aromatic heterocycles. The van der Waals surface area contributed by atoms with Gasteiger partial charge in [-0.05, 0) is 32.2 Å². The second kappa shape index (κ2) is 5.45. The third-order valence-electron chi connectivity index (χ3n) is 3.50. The zero-order chi connectivity index (χ0) is 12.3.